The topological polar surface area (TPSA) is 76.7 Å². The highest BCUT2D eigenvalue weighted by molar-refractivity contribution is 6.06. The second-order valence-corrected chi connectivity index (χ2v) is 6.12. The molecule has 0 saturated carbocycles. The molecule has 9 heteroatoms. The molecule has 1 unspecified atom stereocenters. The summed E-state index contributed by atoms with van der Waals surface area (Å²) in [5.41, 5.74) is -1.91. The van der Waals surface area contributed by atoms with Gasteiger partial charge in [-0.3, -0.25) is 10.1 Å². The lowest BCUT2D eigenvalue weighted by Crippen LogP contribution is -2.48. The zero-order chi connectivity index (χ0) is 19.7. The van der Waals surface area contributed by atoms with E-state index in [-0.39, 0.29) is 12.4 Å². The normalized spacial score (nSPS) is 19.4. The van der Waals surface area contributed by atoms with Crippen molar-refractivity contribution in [2.75, 3.05) is 6.61 Å². The molecule has 0 aromatic heterocycles. The van der Waals surface area contributed by atoms with Crippen molar-refractivity contribution in [1.29, 1.82) is 0 Å². The average molecular weight is 380 g/mol. The van der Waals surface area contributed by atoms with E-state index < -0.39 is 29.2 Å². The molecule has 3 rings (SSSR count). The fourth-order valence-electron chi connectivity index (χ4n) is 2.36. The highest BCUT2D eigenvalue weighted by Crippen LogP contribution is 2.31. The molecule has 2 aromatic carbocycles. The van der Waals surface area contributed by atoms with Gasteiger partial charge in [0.1, 0.15) is 23.9 Å². The maximum atomic E-state index is 12.5. The lowest BCUT2D eigenvalue weighted by Gasteiger charge is -2.20. The molecule has 0 spiro atoms. The fourth-order valence-corrected chi connectivity index (χ4v) is 2.36. The molecule has 27 heavy (non-hydrogen) atoms. The van der Waals surface area contributed by atoms with Crippen LogP contribution < -0.4 is 20.1 Å². The lowest BCUT2D eigenvalue weighted by molar-refractivity contribution is -0.137. The summed E-state index contributed by atoms with van der Waals surface area (Å²) in [6.07, 6.45) is -4.40. The number of rotatable bonds is 5. The molecule has 0 bridgehead atoms. The number of urea groups is 1. The molecule has 1 aliphatic rings. The Bertz CT molecular complexity index is 850. The molecule has 3 amide bonds. The summed E-state index contributed by atoms with van der Waals surface area (Å²) in [4.78, 5) is 22.9. The van der Waals surface area contributed by atoms with Crippen molar-refractivity contribution in [3.63, 3.8) is 0 Å². The third kappa shape index (κ3) is 4.30. The molecule has 1 aliphatic heterocycles. The van der Waals surface area contributed by atoms with E-state index in [4.69, 9.17) is 9.47 Å². The molecule has 6 nitrogen and oxygen atoms in total. The number of imide groups is 1. The van der Waals surface area contributed by atoms with Gasteiger partial charge < -0.3 is 14.8 Å². The van der Waals surface area contributed by atoms with Crippen LogP contribution in [0.1, 0.15) is 12.5 Å². The van der Waals surface area contributed by atoms with Gasteiger partial charge in [0, 0.05) is 0 Å². The van der Waals surface area contributed by atoms with Gasteiger partial charge in [0.15, 0.2) is 5.54 Å². The van der Waals surface area contributed by atoms with E-state index in [0.29, 0.717) is 11.5 Å². The van der Waals surface area contributed by atoms with Gasteiger partial charge in [-0.15, -0.1) is 0 Å². The summed E-state index contributed by atoms with van der Waals surface area (Å²) < 4.78 is 48.6. The smallest absolute Gasteiger partial charge is 0.416 e. The van der Waals surface area contributed by atoms with Crippen LogP contribution in [0, 0.1) is 0 Å². The molecule has 1 saturated heterocycles. The second kappa shape index (κ2) is 6.82. The van der Waals surface area contributed by atoms with Crippen LogP contribution in [0.5, 0.6) is 17.2 Å². The number of hydrogen-bond acceptors (Lipinski definition) is 4. The zero-order valence-electron chi connectivity index (χ0n) is 14.1. The molecular weight excluding hydrogens is 365 g/mol. The van der Waals surface area contributed by atoms with Crippen LogP contribution in [0.15, 0.2) is 48.5 Å². The predicted octanol–water partition coefficient (Wildman–Crippen LogP) is 3.47. The SMILES string of the molecule is CC1(COc2ccc(Oc3ccc(C(F)(F)F)cc3)cc2)NC(=O)NC1=O. The van der Waals surface area contributed by atoms with E-state index in [1.807, 2.05) is 0 Å². The number of benzene rings is 2. The molecule has 1 atom stereocenters. The standard InChI is InChI=1S/C18H15F3N2O4/c1-17(15(24)22-16(25)23-17)10-26-12-6-8-14(9-7-12)27-13-4-2-11(3-5-13)18(19,20)21/h2-9H,10H2,1H3,(H2,22,23,24,25). The van der Waals surface area contributed by atoms with E-state index >= 15 is 0 Å². The Morgan fingerprint density at radius 2 is 1.44 bits per heavy atom. The zero-order valence-corrected chi connectivity index (χ0v) is 14.1. The third-order valence-electron chi connectivity index (χ3n) is 3.89. The van der Waals surface area contributed by atoms with Crippen LogP contribution in [0.25, 0.3) is 0 Å². The molecule has 2 N–H and O–H groups in total. The van der Waals surface area contributed by atoms with Crippen LogP contribution in [0.3, 0.4) is 0 Å². The molecule has 0 radical (unpaired) electrons. The van der Waals surface area contributed by atoms with Gasteiger partial charge in [-0.2, -0.15) is 13.2 Å². The van der Waals surface area contributed by atoms with Gasteiger partial charge in [0.05, 0.1) is 5.56 Å². The first-order valence-corrected chi connectivity index (χ1v) is 7.87. The lowest BCUT2D eigenvalue weighted by atomic mass is 10.1. The summed E-state index contributed by atoms with van der Waals surface area (Å²) in [5, 5.41) is 4.61. The minimum atomic E-state index is -4.40. The Balaban J connectivity index is 1.59. The van der Waals surface area contributed by atoms with Crippen molar-refractivity contribution >= 4 is 11.9 Å². The summed E-state index contributed by atoms with van der Waals surface area (Å²) in [5.74, 6) is 0.620. The number of carbonyl (C=O) groups is 2. The Hall–Kier alpha value is -3.23. The number of nitrogens with one attached hydrogen (secondary N) is 2. The van der Waals surface area contributed by atoms with E-state index in [1.165, 1.54) is 19.1 Å². The van der Waals surface area contributed by atoms with Crippen LogP contribution in [-0.2, 0) is 11.0 Å². The van der Waals surface area contributed by atoms with Crippen LogP contribution in [0.2, 0.25) is 0 Å². The largest absolute Gasteiger partial charge is 0.491 e. The maximum absolute atomic E-state index is 12.5. The molecule has 1 heterocycles. The van der Waals surface area contributed by atoms with Crippen molar-refractivity contribution in [1.82, 2.24) is 10.6 Å². The highest BCUT2D eigenvalue weighted by Gasteiger charge is 2.42. The van der Waals surface area contributed by atoms with Gasteiger partial charge >= 0.3 is 12.2 Å². The summed E-state index contributed by atoms with van der Waals surface area (Å²) in [7, 11) is 0. The monoisotopic (exact) mass is 380 g/mol. The van der Waals surface area contributed by atoms with Crippen molar-refractivity contribution in [3.8, 4) is 17.2 Å². The van der Waals surface area contributed by atoms with Crippen LogP contribution in [0.4, 0.5) is 18.0 Å². The summed E-state index contributed by atoms with van der Waals surface area (Å²) >= 11 is 0. The number of carbonyl (C=O) groups excluding carboxylic acids is 2. The predicted molar refractivity (Wildman–Crippen MR) is 88.5 cm³/mol. The minimum Gasteiger partial charge on any atom is -0.491 e. The van der Waals surface area contributed by atoms with Gasteiger partial charge in [-0.25, -0.2) is 4.79 Å². The van der Waals surface area contributed by atoms with Crippen molar-refractivity contribution in [3.05, 3.63) is 54.1 Å². The third-order valence-corrected chi connectivity index (χ3v) is 3.89. The van der Waals surface area contributed by atoms with Gasteiger partial charge in [-0.1, -0.05) is 0 Å². The number of halogens is 3. The summed E-state index contributed by atoms with van der Waals surface area (Å²) in [6, 6.07) is 10.1. The number of amides is 3. The number of ether oxygens (including phenoxy) is 2. The Morgan fingerprint density at radius 1 is 0.926 bits per heavy atom. The molecule has 1 fully saturated rings. The highest BCUT2D eigenvalue weighted by atomic mass is 19.4. The quantitative estimate of drug-likeness (QED) is 0.779. The Morgan fingerprint density at radius 3 is 1.93 bits per heavy atom. The molecule has 142 valence electrons. The first kappa shape index (κ1) is 18.6. The van der Waals surface area contributed by atoms with Crippen molar-refractivity contribution in [2.24, 2.45) is 0 Å². The summed E-state index contributed by atoms with van der Waals surface area (Å²) in [6.45, 7) is 1.47. The van der Waals surface area contributed by atoms with Crippen molar-refractivity contribution in [2.45, 2.75) is 18.6 Å². The molecule has 0 aliphatic carbocycles. The number of alkyl halides is 3. The van der Waals surface area contributed by atoms with E-state index in [9.17, 15) is 22.8 Å². The fraction of sp³-hybridized carbons (Fsp3) is 0.222. The Labute approximate surface area is 152 Å². The first-order chi connectivity index (χ1) is 12.7. The molecule has 2 aromatic rings. The van der Waals surface area contributed by atoms with Crippen molar-refractivity contribution < 1.29 is 32.2 Å². The van der Waals surface area contributed by atoms with E-state index in [2.05, 4.69) is 10.6 Å². The second-order valence-electron chi connectivity index (χ2n) is 6.12. The number of hydrogen-bond donors (Lipinski definition) is 2. The minimum absolute atomic E-state index is 0.0658. The van der Waals surface area contributed by atoms with E-state index in [1.54, 1.807) is 24.3 Å². The van der Waals surface area contributed by atoms with Crippen LogP contribution in [-0.4, -0.2) is 24.1 Å². The Kier molecular flexibility index (Phi) is 4.69. The maximum Gasteiger partial charge on any atom is 0.416 e. The van der Waals surface area contributed by atoms with Gasteiger partial charge in [0.25, 0.3) is 5.91 Å². The molecular formula is C18H15F3N2O4. The first-order valence-electron chi connectivity index (χ1n) is 7.87. The van der Waals surface area contributed by atoms with E-state index in [0.717, 1.165) is 12.1 Å². The average Bonchev–Trinajstić information content (AvgIpc) is 2.86. The van der Waals surface area contributed by atoms with Gasteiger partial charge in [0.2, 0.25) is 0 Å². The van der Waals surface area contributed by atoms with Crippen LogP contribution >= 0.6 is 0 Å². The van der Waals surface area contributed by atoms with Gasteiger partial charge in [-0.05, 0) is 55.5 Å².